The first-order valence-corrected chi connectivity index (χ1v) is 21.7. The van der Waals surface area contributed by atoms with Gasteiger partial charge in [-0.2, -0.15) is 0 Å². The van der Waals surface area contributed by atoms with E-state index in [9.17, 15) is 19.5 Å². The number of benzene rings is 1. The van der Waals surface area contributed by atoms with E-state index in [1.165, 1.54) is 31.2 Å². The van der Waals surface area contributed by atoms with Gasteiger partial charge in [0.25, 0.3) is 5.91 Å². The van der Waals surface area contributed by atoms with Gasteiger partial charge >= 0.3 is 12.1 Å². The van der Waals surface area contributed by atoms with Crippen LogP contribution in [0.4, 0.5) is 10.5 Å². The fraction of sp³-hybridized carbons (Fsp3) is 0.568. The Morgan fingerprint density at radius 3 is 2.42 bits per heavy atom. The highest BCUT2D eigenvalue weighted by Crippen LogP contribution is 2.43. The van der Waals surface area contributed by atoms with Crippen LogP contribution in [0.25, 0.3) is 33.4 Å². The summed E-state index contributed by atoms with van der Waals surface area (Å²) in [6, 6.07) is 8.27. The molecule has 2 aliphatic rings. The van der Waals surface area contributed by atoms with Gasteiger partial charge in [-0.1, -0.05) is 19.9 Å². The molecule has 1 saturated heterocycles. The van der Waals surface area contributed by atoms with E-state index in [0.29, 0.717) is 23.7 Å². The molecule has 4 heterocycles. The number of carbonyl (C=O) groups excluding carboxylic acids is 2. The van der Waals surface area contributed by atoms with E-state index in [0.717, 1.165) is 81.9 Å². The number of piperazine rings is 1. The molecule has 0 spiro atoms. The molecule has 0 unspecified atom stereocenters. The number of fused-ring (bicyclic) bond motifs is 1. The lowest BCUT2D eigenvalue weighted by Crippen LogP contribution is -2.54. The monoisotopic (exact) mass is 846 g/mol. The number of aliphatic hydroxyl groups excluding tert-OH is 1. The molecule has 2 amide bonds. The van der Waals surface area contributed by atoms with E-state index < -0.39 is 41.6 Å². The molecule has 1 saturated carbocycles. The number of nitrogens with one attached hydrogen (secondary N) is 2. The van der Waals surface area contributed by atoms with Gasteiger partial charge in [-0.25, -0.2) is 15.2 Å². The third-order valence-electron chi connectivity index (χ3n) is 11.2. The Morgan fingerprint density at radius 2 is 1.80 bits per heavy atom. The molecule has 2 atom stereocenters. The van der Waals surface area contributed by atoms with Crippen LogP contribution >= 0.6 is 11.3 Å². The van der Waals surface area contributed by atoms with Crippen molar-refractivity contribution in [1.82, 2.24) is 35.2 Å². The molecule has 16 heteroatoms. The number of hydrazine groups is 1. The van der Waals surface area contributed by atoms with Crippen molar-refractivity contribution in [3.8, 4) is 22.5 Å². The van der Waals surface area contributed by atoms with Gasteiger partial charge in [-0.15, -0.1) is 11.3 Å². The van der Waals surface area contributed by atoms with Crippen LogP contribution in [0.15, 0.2) is 35.8 Å². The van der Waals surface area contributed by atoms with Gasteiger partial charge in [0, 0.05) is 93.4 Å². The first-order chi connectivity index (χ1) is 28.4. The number of thiazole rings is 1. The summed E-state index contributed by atoms with van der Waals surface area (Å²) in [5.74, 6) is -1.68. The van der Waals surface area contributed by atoms with Crippen LogP contribution in [0.1, 0.15) is 83.7 Å². The number of alkyl carbamates (subject to hydrolysis) is 1. The number of carboxylic acids is 1. The number of pyridine rings is 1. The summed E-state index contributed by atoms with van der Waals surface area (Å²) < 4.78 is 13.7. The number of anilines is 1. The number of aliphatic hydroxyl groups is 1. The number of aliphatic carboxylic acids is 1. The average molecular weight is 847 g/mol. The molecule has 0 bridgehead atoms. The van der Waals surface area contributed by atoms with E-state index in [-0.39, 0.29) is 19.1 Å². The molecule has 4 aromatic rings. The lowest BCUT2D eigenvalue weighted by atomic mass is 9.84. The largest absolute Gasteiger partial charge is 0.480 e. The third kappa shape index (κ3) is 10.6. The maximum Gasteiger partial charge on any atom is 0.408 e. The number of amides is 2. The Labute approximate surface area is 357 Å². The average Bonchev–Trinajstić information content (AvgIpc) is 3.89. The SMILES string of the molecule is CCn1c(-c2cc(N3CCN(C4CC4)CC3)cnc2[C@H](C)OC)c(CC(C)(C)CO)c2cc(-c3csc(C[C@H](NC(=O)OC(C)(C)C)C(=O)N(C)NCC(=O)O)n3)ccc21. The quantitative estimate of drug-likeness (QED) is 0.0931. The predicted molar refractivity (Wildman–Crippen MR) is 234 cm³/mol. The Morgan fingerprint density at radius 1 is 1.08 bits per heavy atom. The zero-order valence-electron chi connectivity index (χ0n) is 36.5. The highest BCUT2D eigenvalue weighted by Gasteiger charge is 2.33. The zero-order chi connectivity index (χ0) is 43.5. The maximum atomic E-state index is 13.5. The van der Waals surface area contributed by atoms with Crippen molar-refractivity contribution in [2.24, 2.45) is 5.41 Å². The van der Waals surface area contributed by atoms with Crippen LogP contribution in [-0.4, -0.2) is 124 Å². The predicted octanol–water partition coefficient (Wildman–Crippen LogP) is 5.88. The van der Waals surface area contributed by atoms with E-state index in [1.54, 1.807) is 27.9 Å². The molecule has 3 aromatic heterocycles. The molecule has 1 aliphatic heterocycles. The number of carbonyl (C=O) groups is 3. The second-order valence-electron chi connectivity index (χ2n) is 17.7. The highest BCUT2D eigenvalue weighted by atomic mass is 32.1. The van der Waals surface area contributed by atoms with E-state index >= 15 is 0 Å². The third-order valence-corrected chi connectivity index (χ3v) is 12.1. The minimum Gasteiger partial charge on any atom is -0.480 e. The normalized spacial score (nSPS) is 16.2. The smallest absolute Gasteiger partial charge is 0.408 e. The molecule has 0 radical (unpaired) electrons. The van der Waals surface area contributed by atoms with E-state index in [1.807, 2.05) is 18.5 Å². The summed E-state index contributed by atoms with van der Waals surface area (Å²) in [4.78, 5) is 52.7. The summed E-state index contributed by atoms with van der Waals surface area (Å²) in [5.41, 5.74) is 9.08. The Kier molecular flexibility index (Phi) is 13.9. The minimum atomic E-state index is -1.13. The van der Waals surface area contributed by atoms with Crippen molar-refractivity contribution in [1.29, 1.82) is 0 Å². The number of likely N-dealkylation sites (N-methyl/N-ethyl adjacent to an activating group) is 1. The topological polar surface area (TPSA) is 175 Å². The Balaban J connectivity index is 1.39. The van der Waals surface area contributed by atoms with Crippen LogP contribution in [0.5, 0.6) is 0 Å². The van der Waals surface area contributed by atoms with Crippen molar-refractivity contribution in [2.75, 3.05) is 58.4 Å². The van der Waals surface area contributed by atoms with E-state index in [4.69, 9.17) is 24.5 Å². The summed E-state index contributed by atoms with van der Waals surface area (Å²) in [7, 11) is 3.12. The van der Waals surface area contributed by atoms with Gasteiger partial charge in [0.15, 0.2) is 0 Å². The first-order valence-electron chi connectivity index (χ1n) is 20.9. The van der Waals surface area contributed by atoms with Gasteiger partial charge in [-0.3, -0.25) is 24.5 Å². The summed E-state index contributed by atoms with van der Waals surface area (Å²) in [6.07, 6.45) is 4.21. The van der Waals surface area contributed by atoms with Crippen LogP contribution in [0.3, 0.4) is 0 Å². The fourth-order valence-corrected chi connectivity index (χ4v) is 8.69. The van der Waals surface area contributed by atoms with Crippen molar-refractivity contribution < 1.29 is 34.1 Å². The molecule has 4 N–H and O–H groups in total. The number of nitrogens with zero attached hydrogens (tertiary/aromatic N) is 6. The van der Waals surface area contributed by atoms with Gasteiger partial charge < -0.3 is 34.5 Å². The molecule has 326 valence electrons. The number of aromatic nitrogens is 3. The number of rotatable bonds is 17. The molecule has 60 heavy (non-hydrogen) atoms. The second-order valence-corrected chi connectivity index (χ2v) is 18.7. The minimum absolute atomic E-state index is 0.00347. The number of carboxylic acid groups (broad SMARTS) is 1. The van der Waals surface area contributed by atoms with Gasteiger partial charge in [0.05, 0.1) is 40.1 Å². The Bertz CT molecular complexity index is 2170. The molecule has 1 aromatic carbocycles. The lowest BCUT2D eigenvalue weighted by molar-refractivity contribution is -0.140. The maximum absolute atomic E-state index is 13.5. The van der Waals surface area contributed by atoms with Gasteiger partial charge in [0.2, 0.25) is 0 Å². The van der Waals surface area contributed by atoms with Crippen LogP contribution in [0.2, 0.25) is 0 Å². The second kappa shape index (κ2) is 18.6. The van der Waals surface area contributed by atoms with Crippen molar-refractivity contribution in [2.45, 2.75) is 104 Å². The number of methoxy groups -OCH3 is 1. The molecule has 6 rings (SSSR count). The van der Waals surface area contributed by atoms with Gasteiger partial charge in [-0.05, 0) is 83.1 Å². The molecular formula is C44H62N8O7S. The summed E-state index contributed by atoms with van der Waals surface area (Å²) in [6.45, 7) is 17.7. The van der Waals surface area contributed by atoms with Crippen LogP contribution in [-0.2, 0) is 38.4 Å². The molecule has 2 fully saturated rings. The first kappa shape index (κ1) is 44.9. The van der Waals surface area contributed by atoms with Crippen molar-refractivity contribution in [3.63, 3.8) is 0 Å². The number of hydrogen-bond donors (Lipinski definition) is 4. The Hall–Kier alpha value is -4.61. The number of hydrogen-bond acceptors (Lipinski definition) is 12. The standard InChI is InChI=1S/C44H62N8O7S/c1-10-52-36-14-11-28(35-25-60-37(47-35)21-34(48-42(57)59-43(3,4)5)41(56)49(8)46-24-38(54)55)19-31(36)33(22-44(6,7)26-53)40(52)32-20-30(23-45-39(32)27(2)58-9)51-17-15-50(16-18-51)29-12-13-29/h11,14,19-20,23,25,27,29,34,46,53H,10,12-13,15-18,21-22,24,26H2,1-9H3,(H,48,57)(H,54,55)/t27-,34-/m0/s1. The highest BCUT2D eigenvalue weighted by molar-refractivity contribution is 7.10. The fourth-order valence-electron chi connectivity index (χ4n) is 7.84. The number of ether oxygens (including phenoxy) is 2. The molecule has 15 nitrogen and oxygen atoms in total. The van der Waals surface area contributed by atoms with Crippen LogP contribution < -0.4 is 15.6 Å². The van der Waals surface area contributed by atoms with Crippen molar-refractivity contribution >= 4 is 45.9 Å². The molecular weight excluding hydrogens is 785 g/mol. The lowest BCUT2D eigenvalue weighted by Gasteiger charge is -2.36. The van der Waals surface area contributed by atoms with Crippen LogP contribution in [0, 0.1) is 5.41 Å². The number of aryl methyl sites for hydroxylation is 1. The zero-order valence-corrected chi connectivity index (χ0v) is 37.3. The summed E-state index contributed by atoms with van der Waals surface area (Å²) >= 11 is 1.36. The van der Waals surface area contributed by atoms with Crippen molar-refractivity contribution in [3.05, 3.63) is 52.1 Å². The van der Waals surface area contributed by atoms with E-state index in [2.05, 4.69) is 70.1 Å². The summed E-state index contributed by atoms with van der Waals surface area (Å²) in [5, 5.41) is 27.1. The van der Waals surface area contributed by atoms with Gasteiger partial charge in [0.1, 0.15) is 18.2 Å². The molecule has 1 aliphatic carbocycles.